The lowest BCUT2D eigenvalue weighted by Gasteiger charge is -2.38. The second kappa shape index (κ2) is 6.54. The van der Waals surface area contributed by atoms with E-state index in [4.69, 9.17) is 4.74 Å². The molecule has 4 atom stereocenters. The number of aliphatic hydroxyl groups excluding tert-OH is 1. The average molecular weight is 414 g/mol. The normalized spacial score (nSPS) is 29.3. The molecule has 0 saturated heterocycles. The van der Waals surface area contributed by atoms with Crippen molar-refractivity contribution >= 4 is 6.08 Å². The third-order valence-electron chi connectivity index (χ3n) is 8.23. The van der Waals surface area contributed by atoms with Crippen molar-refractivity contribution in [3.63, 3.8) is 0 Å². The van der Waals surface area contributed by atoms with E-state index in [-0.39, 0.29) is 16.7 Å². The Morgan fingerprint density at radius 3 is 2.94 bits per heavy atom. The molecule has 3 aliphatic rings. The number of ether oxygens (including phenoxy) is 1. The van der Waals surface area contributed by atoms with Gasteiger partial charge in [-0.2, -0.15) is 5.10 Å². The molecule has 2 fully saturated rings. The van der Waals surface area contributed by atoms with Crippen LogP contribution in [0.3, 0.4) is 0 Å². The molecule has 2 heterocycles. The summed E-state index contributed by atoms with van der Waals surface area (Å²) in [7, 11) is 1.67. The van der Waals surface area contributed by atoms with Crippen LogP contribution in [0, 0.1) is 16.7 Å². The molecular formula is C26H27N3O2. The van der Waals surface area contributed by atoms with Gasteiger partial charge in [0.15, 0.2) is 0 Å². The Balaban J connectivity index is 1.32. The highest BCUT2D eigenvalue weighted by atomic mass is 16.5. The van der Waals surface area contributed by atoms with Gasteiger partial charge in [-0.1, -0.05) is 24.6 Å². The summed E-state index contributed by atoms with van der Waals surface area (Å²) < 4.78 is 7.38. The number of aliphatic hydroxyl groups is 1. The van der Waals surface area contributed by atoms with Crippen LogP contribution in [-0.4, -0.2) is 27.0 Å². The van der Waals surface area contributed by atoms with E-state index in [2.05, 4.69) is 23.1 Å². The number of rotatable bonds is 4. The van der Waals surface area contributed by atoms with Crippen molar-refractivity contribution in [3.05, 3.63) is 77.4 Å². The second-order valence-electron chi connectivity index (χ2n) is 9.54. The molecule has 1 spiro atoms. The maximum Gasteiger partial charge on any atom is 0.119 e. The summed E-state index contributed by atoms with van der Waals surface area (Å²) in [6.07, 6.45) is 11.9. The zero-order valence-corrected chi connectivity index (χ0v) is 18.0. The van der Waals surface area contributed by atoms with Gasteiger partial charge in [-0.25, -0.2) is 4.68 Å². The Morgan fingerprint density at radius 2 is 2.13 bits per heavy atom. The minimum atomic E-state index is -0.453. The van der Waals surface area contributed by atoms with Gasteiger partial charge in [-0.15, -0.1) is 0 Å². The molecule has 5 heteroatoms. The van der Waals surface area contributed by atoms with Crippen molar-refractivity contribution < 1.29 is 9.84 Å². The quantitative estimate of drug-likeness (QED) is 0.670. The Kier molecular flexibility index (Phi) is 3.97. The van der Waals surface area contributed by atoms with Crippen LogP contribution in [0.1, 0.15) is 49.1 Å². The summed E-state index contributed by atoms with van der Waals surface area (Å²) in [6.45, 7) is 2.41. The van der Waals surface area contributed by atoms with Gasteiger partial charge in [0.25, 0.3) is 0 Å². The lowest BCUT2D eigenvalue weighted by Crippen LogP contribution is -2.32. The van der Waals surface area contributed by atoms with Gasteiger partial charge < -0.3 is 9.84 Å². The molecule has 1 aromatic carbocycles. The maximum absolute atomic E-state index is 11.3. The van der Waals surface area contributed by atoms with E-state index >= 15 is 0 Å². The van der Waals surface area contributed by atoms with E-state index in [1.165, 1.54) is 16.8 Å². The van der Waals surface area contributed by atoms with Crippen LogP contribution in [-0.2, 0) is 6.42 Å². The second-order valence-corrected chi connectivity index (χ2v) is 9.54. The van der Waals surface area contributed by atoms with Gasteiger partial charge in [0.1, 0.15) is 5.75 Å². The smallest absolute Gasteiger partial charge is 0.119 e. The fourth-order valence-corrected chi connectivity index (χ4v) is 6.39. The van der Waals surface area contributed by atoms with Crippen molar-refractivity contribution in [1.29, 1.82) is 0 Å². The summed E-state index contributed by atoms with van der Waals surface area (Å²) in [5.74, 6) is 1.08. The molecule has 6 rings (SSSR count). The first kappa shape index (κ1) is 18.8. The number of hydrogen-bond acceptors (Lipinski definition) is 4. The summed E-state index contributed by atoms with van der Waals surface area (Å²) >= 11 is 0. The van der Waals surface area contributed by atoms with Gasteiger partial charge in [-0.3, -0.25) is 4.98 Å². The molecule has 0 amide bonds. The first-order valence-electron chi connectivity index (χ1n) is 11.1. The van der Waals surface area contributed by atoms with Gasteiger partial charge in [0.2, 0.25) is 0 Å². The Morgan fingerprint density at radius 1 is 1.23 bits per heavy atom. The Bertz CT molecular complexity index is 1180. The standard InChI is InChI=1S/C26H27N3O2/c1-25-13-18-15-28-29(20-6-4-10-27-16-20)23(18)12-19(25)8-9-26(25)14-22(26)24(30)17-5-3-7-21(11-17)31-2/h3-7,10-12,15-16,22,24,30H,8-9,13-14H2,1-2H3/t22?,24?,25-,26?/m0/s1. The van der Waals surface area contributed by atoms with Gasteiger partial charge in [-0.05, 0) is 83.9 Å². The van der Waals surface area contributed by atoms with Crippen molar-refractivity contribution in [2.45, 2.75) is 38.7 Å². The highest BCUT2D eigenvalue weighted by Crippen LogP contribution is 2.77. The fourth-order valence-electron chi connectivity index (χ4n) is 6.39. The van der Waals surface area contributed by atoms with Crippen LogP contribution in [0.5, 0.6) is 5.75 Å². The lowest BCUT2D eigenvalue weighted by atomic mass is 9.66. The first-order valence-corrected chi connectivity index (χ1v) is 11.1. The number of allylic oxidation sites excluding steroid dienone is 1. The molecular weight excluding hydrogens is 386 g/mol. The molecule has 31 heavy (non-hydrogen) atoms. The first-order chi connectivity index (χ1) is 15.1. The summed E-state index contributed by atoms with van der Waals surface area (Å²) in [5, 5.41) is 15.9. The monoisotopic (exact) mass is 413 g/mol. The molecule has 0 bridgehead atoms. The summed E-state index contributed by atoms with van der Waals surface area (Å²) in [6, 6.07) is 11.9. The summed E-state index contributed by atoms with van der Waals surface area (Å²) in [5.41, 5.74) is 6.17. The van der Waals surface area contributed by atoms with Crippen LogP contribution in [0.4, 0.5) is 0 Å². The van der Waals surface area contributed by atoms with E-state index in [1.54, 1.807) is 13.3 Å². The fraction of sp³-hybridized carbons (Fsp3) is 0.385. The van der Waals surface area contributed by atoms with E-state index < -0.39 is 6.10 Å². The van der Waals surface area contributed by atoms with Crippen LogP contribution in [0.2, 0.25) is 0 Å². The minimum absolute atomic E-state index is 0.0767. The molecule has 5 nitrogen and oxygen atoms in total. The zero-order valence-electron chi connectivity index (χ0n) is 18.0. The third kappa shape index (κ3) is 2.59. The third-order valence-corrected chi connectivity index (χ3v) is 8.23. The van der Waals surface area contributed by atoms with Crippen molar-refractivity contribution in [3.8, 4) is 11.4 Å². The van der Waals surface area contributed by atoms with E-state index in [0.717, 1.165) is 42.7 Å². The number of hydrogen-bond donors (Lipinski definition) is 1. The number of fused-ring (bicyclic) bond motifs is 3. The van der Waals surface area contributed by atoms with Gasteiger partial charge in [0.05, 0.1) is 37.0 Å². The van der Waals surface area contributed by atoms with Crippen molar-refractivity contribution in [2.75, 3.05) is 7.11 Å². The largest absolute Gasteiger partial charge is 0.497 e. The number of nitrogens with zero attached hydrogens (tertiary/aromatic N) is 3. The predicted octanol–water partition coefficient (Wildman–Crippen LogP) is 4.76. The number of aromatic nitrogens is 3. The van der Waals surface area contributed by atoms with Crippen LogP contribution in [0.25, 0.3) is 11.8 Å². The highest BCUT2D eigenvalue weighted by molar-refractivity contribution is 5.63. The molecule has 3 aromatic rings. The molecule has 2 aromatic heterocycles. The van der Waals surface area contributed by atoms with Gasteiger partial charge >= 0.3 is 0 Å². The molecule has 0 aliphatic heterocycles. The average Bonchev–Trinajstić information content (AvgIpc) is 3.32. The van der Waals surface area contributed by atoms with E-state index in [9.17, 15) is 5.11 Å². The Labute approximate surface area is 182 Å². The summed E-state index contributed by atoms with van der Waals surface area (Å²) in [4.78, 5) is 4.25. The SMILES string of the molecule is COc1cccc(C(O)C2CC23CCC2=Cc4c(cnn4-c4cccnc4)C[C@@]23C)c1. The minimum Gasteiger partial charge on any atom is -0.497 e. The zero-order chi connectivity index (χ0) is 21.2. The topological polar surface area (TPSA) is 60.2 Å². The lowest BCUT2D eigenvalue weighted by molar-refractivity contribution is 0.105. The molecule has 0 radical (unpaired) electrons. The molecule has 158 valence electrons. The molecule has 3 unspecified atom stereocenters. The molecule has 3 aliphatic carbocycles. The van der Waals surface area contributed by atoms with Crippen LogP contribution in [0.15, 0.2) is 60.6 Å². The maximum atomic E-state index is 11.3. The number of methoxy groups -OCH3 is 1. The molecule has 2 saturated carbocycles. The van der Waals surface area contributed by atoms with Gasteiger partial charge in [0, 0.05) is 6.20 Å². The van der Waals surface area contributed by atoms with Crippen molar-refractivity contribution in [1.82, 2.24) is 14.8 Å². The van der Waals surface area contributed by atoms with Crippen molar-refractivity contribution in [2.24, 2.45) is 16.7 Å². The van der Waals surface area contributed by atoms with Crippen LogP contribution >= 0.6 is 0 Å². The molecule has 1 N–H and O–H groups in total. The Hall–Kier alpha value is -2.92. The van der Waals surface area contributed by atoms with E-state index in [0.29, 0.717) is 0 Å². The van der Waals surface area contributed by atoms with Crippen LogP contribution < -0.4 is 4.74 Å². The predicted molar refractivity (Wildman–Crippen MR) is 119 cm³/mol. The highest BCUT2D eigenvalue weighted by Gasteiger charge is 2.70. The number of pyridine rings is 1. The number of benzene rings is 1. The van der Waals surface area contributed by atoms with E-state index in [1.807, 2.05) is 53.5 Å².